The highest BCUT2D eigenvalue weighted by Gasteiger charge is 2.36. The standard InChI is InChI=1S/C16H24Cl2N2O2/c1-10(2)7-11(3)20-14(21)9-19-15(22)13-8-12(17)5-6-16(13,4)18/h5-6,8,10-11,13H,7,9H2,1-4H3,(H,19,22)(H,20,21)/t11-,13?,16?/m1/s1. The van der Waals surface area contributed by atoms with Crippen LogP contribution in [0.3, 0.4) is 0 Å². The second kappa shape index (κ2) is 8.02. The van der Waals surface area contributed by atoms with Crippen LogP contribution in [-0.4, -0.2) is 29.3 Å². The van der Waals surface area contributed by atoms with Crippen molar-refractivity contribution in [3.05, 3.63) is 23.3 Å². The van der Waals surface area contributed by atoms with Crippen LogP contribution >= 0.6 is 23.2 Å². The van der Waals surface area contributed by atoms with Gasteiger partial charge in [0, 0.05) is 11.1 Å². The molecule has 22 heavy (non-hydrogen) atoms. The number of hydrogen-bond acceptors (Lipinski definition) is 2. The maximum Gasteiger partial charge on any atom is 0.239 e. The Labute approximate surface area is 142 Å². The summed E-state index contributed by atoms with van der Waals surface area (Å²) in [6.07, 6.45) is 5.85. The lowest BCUT2D eigenvalue weighted by atomic mass is 9.88. The van der Waals surface area contributed by atoms with Crippen LogP contribution in [0.15, 0.2) is 23.3 Å². The van der Waals surface area contributed by atoms with Crippen LogP contribution in [0.2, 0.25) is 0 Å². The molecule has 0 saturated carbocycles. The normalized spacial score (nSPS) is 25.6. The topological polar surface area (TPSA) is 58.2 Å². The van der Waals surface area contributed by atoms with Crippen LogP contribution < -0.4 is 10.6 Å². The SMILES string of the molecule is CC(C)C[C@@H](C)NC(=O)CNC(=O)C1C=C(Cl)C=CC1(C)Cl. The van der Waals surface area contributed by atoms with Gasteiger partial charge in [0.25, 0.3) is 0 Å². The van der Waals surface area contributed by atoms with Crippen molar-refractivity contribution in [2.24, 2.45) is 11.8 Å². The molecule has 2 N–H and O–H groups in total. The fourth-order valence-corrected chi connectivity index (χ4v) is 2.84. The molecule has 0 heterocycles. The van der Waals surface area contributed by atoms with Crippen molar-refractivity contribution in [1.29, 1.82) is 0 Å². The van der Waals surface area contributed by atoms with Crippen LogP contribution in [0.4, 0.5) is 0 Å². The molecule has 3 atom stereocenters. The van der Waals surface area contributed by atoms with E-state index in [9.17, 15) is 9.59 Å². The number of hydrogen-bond donors (Lipinski definition) is 2. The third kappa shape index (κ3) is 6.01. The Bertz CT molecular complexity index is 485. The van der Waals surface area contributed by atoms with Crippen molar-refractivity contribution in [2.75, 3.05) is 6.54 Å². The third-order valence-corrected chi connectivity index (χ3v) is 4.05. The molecule has 1 aliphatic rings. The molecule has 0 fully saturated rings. The van der Waals surface area contributed by atoms with Gasteiger partial charge in [-0.05, 0) is 32.3 Å². The lowest BCUT2D eigenvalue weighted by molar-refractivity contribution is -0.128. The summed E-state index contributed by atoms with van der Waals surface area (Å²) in [4.78, 5) is 23.2. The van der Waals surface area contributed by atoms with Crippen molar-refractivity contribution < 1.29 is 9.59 Å². The van der Waals surface area contributed by atoms with E-state index >= 15 is 0 Å². The van der Waals surface area contributed by atoms with Gasteiger partial charge in [0.15, 0.2) is 0 Å². The fourth-order valence-electron chi connectivity index (χ4n) is 2.43. The van der Waals surface area contributed by atoms with Gasteiger partial charge >= 0.3 is 0 Å². The number of rotatable bonds is 6. The molecule has 0 aromatic heterocycles. The number of amides is 2. The smallest absolute Gasteiger partial charge is 0.239 e. The molecule has 0 aromatic rings. The molecule has 0 aliphatic heterocycles. The number of allylic oxidation sites excluding steroid dienone is 3. The average molecular weight is 347 g/mol. The van der Waals surface area contributed by atoms with Gasteiger partial charge < -0.3 is 10.6 Å². The first kappa shape index (κ1) is 19.0. The van der Waals surface area contributed by atoms with Gasteiger partial charge in [-0.3, -0.25) is 9.59 Å². The minimum absolute atomic E-state index is 0.0695. The zero-order valence-electron chi connectivity index (χ0n) is 13.5. The second-order valence-electron chi connectivity index (χ2n) is 6.33. The first-order valence-electron chi connectivity index (χ1n) is 7.44. The molecule has 0 radical (unpaired) electrons. The summed E-state index contributed by atoms with van der Waals surface area (Å²) in [7, 11) is 0. The number of halogens is 2. The van der Waals surface area contributed by atoms with E-state index in [2.05, 4.69) is 24.5 Å². The van der Waals surface area contributed by atoms with Gasteiger partial charge in [-0.15, -0.1) is 11.6 Å². The Balaban J connectivity index is 2.49. The quantitative estimate of drug-likeness (QED) is 0.726. The van der Waals surface area contributed by atoms with Crippen molar-refractivity contribution in [3.63, 3.8) is 0 Å². The van der Waals surface area contributed by atoms with Gasteiger partial charge in [0.05, 0.1) is 17.3 Å². The molecule has 0 bridgehead atoms. The molecule has 0 spiro atoms. The van der Waals surface area contributed by atoms with E-state index in [1.807, 2.05) is 6.92 Å². The summed E-state index contributed by atoms with van der Waals surface area (Å²) >= 11 is 12.2. The van der Waals surface area contributed by atoms with Crippen molar-refractivity contribution in [3.8, 4) is 0 Å². The number of nitrogens with one attached hydrogen (secondary N) is 2. The molecule has 2 amide bonds. The van der Waals surface area contributed by atoms with Crippen LogP contribution in [0.5, 0.6) is 0 Å². The minimum Gasteiger partial charge on any atom is -0.352 e. The Hall–Kier alpha value is -1.000. The summed E-state index contributed by atoms with van der Waals surface area (Å²) < 4.78 is 0. The van der Waals surface area contributed by atoms with Gasteiger partial charge in [-0.1, -0.05) is 37.6 Å². The second-order valence-corrected chi connectivity index (χ2v) is 7.58. The van der Waals surface area contributed by atoms with E-state index in [0.29, 0.717) is 11.0 Å². The van der Waals surface area contributed by atoms with Crippen LogP contribution in [0.1, 0.15) is 34.1 Å². The van der Waals surface area contributed by atoms with E-state index in [1.54, 1.807) is 25.2 Å². The maximum atomic E-state index is 12.2. The van der Waals surface area contributed by atoms with E-state index in [4.69, 9.17) is 23.2 Å². The van der Waals surface area contributed by atoms with E-state index in [0.717, 1.165) is 6.42 Å². The molecule has 1 aliphatic carbocycles. The van der Waals surface area contributed by atoms with Gasteiger partial charge in [0.2, 0.25) is 11.8 Å². The largest absolute Gasteiger partial charge is 0.352 e. The van der Waals surface area contributed by atoms with Crippen LogP contribution in [0, 0.1) is 11.8 Å². The summed E-state index contributed by atoms with van der Waals surface area (Å²) in [5.41, 5.74) is 0. The first-order valence-corrected chi connectivity index (χ1v) is 8.20. The van der Waals surface area contributed by atoms with E-state index in [1.165, 1.54) is 0 Å². The maximum absolute atomic E-state index is 12.2. The molecule has 1 rings (SSSR count). The van der Waals surface area contributed by atoms with E-state index in [-0.39, 0.29) is 24.4 Å². The highest BCUT2D eigenvalue weighted by atomic mass is 35.5. The Morgan fingerprint density at radius 2 is 2.00 bits per heavy atom. The van der Waals surface area contributed by atoms with Crippen molar-refractivity contribution in [2.45, 2.75) is 45.0 Å². The summed E-state index contributed by atoms with van der Waals surface area (Å²) in [6.45, 7) is 7.81. The molecule has 6 heteroatoms. The van der Waals surface area contributed by atoms with Crippen LogP contribution in [0.25, 0.3) is 0 Å². The summed E-state index contributed by atoms with van der Waals surface area (Å²) in [5.74, 6) is -0.624. The zero-order valence-corrected chi connectivity index (χ0v) is 15.0. The molecular weight excluding hydrogens is 323 g/mol. The molecule has 0 aromatic carbocycles. The lowest BCUT2D eigenvalue weighted by Gasteiger charge is -2.28. The molecular formula is C16H24Cl2N2O2. The number of carbonyl (C=O) groups is 2. The highest BCUT2D eigenvalue weighted by Crippen LogP contribution is 2.34. The monoisotopic (exact) mass is 346 g/mol. The van der Waals surface area contributed by atoms with Gasteiger partial charge in [-0.2, -0.15) is 0 Å². The van der Waals surface area contributed by atoms with Crippen molar-refractivity contribution in [1.82, 2.24) is 10.6 Å². The summed E-state index contributed by atoms with van der Waals surface area (Å²) in [6, 6.07) is 0.0784. The number of carbonyl (C=O) groups excluding carboxylic acids is 2. The van der Waals surface area contributed by atoms with Gasteiger partial charge in [0.1, 0.15) is 0 Å². The van der Waals surface area contributed by atoms with Gasteiger partial charge in [-0.25, -0.2) is 0 Å². The number of alkyl halides is 1. The highest BCUT2D eigenvalue weighted by molar-refractivity contribution is 6.33. The average Bonchev–Trinajstić information content (AvgIpc) is 2.37. The molecule has 2 unspecified atom stereocenters. The lowest BCUT2D eigenvalue weighted by Crippen LogP contribution is -2.46. The predicted molar refractivity (Wildman–Crippen MR) is 90.9 cm³/mol. The summed E-state index contributed by atoms with van der Waals surface area (Å²) in [5, 5.41) is 5.94. The first-order chi connectivity index (χ1) is 10.1. The molecule has 0 saturated heterocycles. The molecule has 4 nitrogen and oxygen atoms in total. The predicted octanol–water partition coefficient (Wildman–Crippen LogP) is 2.96. The van der Waals surface area contributed by atoms with E-state index < -0.39 is 10.8 Å². The third-order valence-electron chi connectivity index (χ3n) is 3.44. The minimum atomic E-state index is -0.843. The Morgan fingerprint density at radius 1 is 1.36 bits per heavy atom. The zero-order chi connectivity index (χ0) is 16.9. The Kier molecular flexibility index (Phi) is 6.95. The fraction of sp³-hybridized carbons (Fsp3) is 0.625. The Morgan fingerprint density at radius 3 is 2.59 bits per heavy atom. The van der Waals surface area contributed by atoms with Crippen molar-refractivity contribution >= 4 is 35.0 Å². The molecule has 124 valence electrons. The van der Waals surface area contributed by atoms with Crippen LogP contribution in [-0.2, 0) is 9.59 Å².